The van der Waals surface area contributed by atoms with Crippen LogP contribution in [-0.2, 0) is 9.53 Å². The van der Waals surface area contributed by atoms with Crippen molar-refractivity contribution in [3.8, 4) is 0 Å². The molecule has 2 aliphatic rings. The standard InChI is InChI=1S/C16H22FN3O2/c17-12-4-3-5-13(20-8-1-2-9-20)15(12)19-16(21)14-7-6-11(10-18)22-14/h3-5,11,14H,1-2,6-10,18H2,(H,19,21)/t11-,14+/m1/s1. The van der Waals surface area contributed by atoms with E-state index in [1.807, 2.05) is 6.07 Å². The molecule has 0 radical (unpaired) electrons. The highest BCUT2D eigenvalue weighted by molar-refractivity contribution is 5.97. The van der Waals surface area contributed by atoms with E-state index in [0.29, 0.717) is 13.0 Å². The SMILES string of the molecule is NC[C@H]1CC[C@@H](C(=O)Nc2c(F)cccc2N2CCCC2)O1. The summed E-state index contributed by atoms with van der Waals surface area (Å²) in [6.07, 6.45) is 2.96. The van der Waals surface area contributed by atoms with E-state index in [-0.39, 0.29) is 17.7 Å². The summed E-state index contributed by atoms with van der Waals surface area (Å²) in [5.74, 6) is -0.701. The minimum Gasteiger partial charge on any atom is -0.370 e. The number of ether oxygens (including phenoxy) is 1. The van der Waals surface area contributed by atoms with Crippen LogP contribution in [0.2, 0.25) is 0 Å². The number of hydrogen-bond donors (Lipinski definition) is 2. The van der Waals surface area contributed by atoms with Gasteiger partial charge in [-0.15, -0.1) is 0 Å². The number of carbonyl (C=O) groups excluding carboxylic acids is 1. The van der Waals surface area contributed by atoms with Gasteiger partial charge < -0.3 is 20.7 Å². The van der Waals surface area contributed by atoms with Crippen LogP contribution in [0, 0.1) is 5.82 Å². The Bertz CT molecular complexity index is 546. The van der Waals surface area contributed by atoms with Crippen molar-refractivity contribution in [2.75, 3.05) is 29.9 Å². The third kappa shape index (κ3) is 3.08. The Hall–Kier alpha value is -1.66. The summed E-state index contributed by atoms with van der Waals surface area (Å²) in [5.41, 5.74) is 6.56. The number of para-hydroxylation sites is 1. The van der Waals surface area contributed by atoms with Gasteiger partial charge in [0.05, 0.1) is 11.8 Å². The molecule has 0 spiro atoms. The normalized spacial score (nSPS) is 24.7. The zero-order chi connectivity index (χ0) is 15.5. The first-order chi connectivity index (χ1) is 10.7. The van der Waals surface area contributed by atoms with E-state index in [0.717, 1.165) is 38.0 Å². The molecular weight excluding hydrogens is 285 g/mol. The number of hydrogen-bond acceptors (Lipinski definition) is 4. The van der Waals surface area contributed by atoms with Gasteiger partial charge in [-0.25, -0.2) is 4.39 Å². The summed E-state index contributed by atoms with van der Waals surface area (Å²) in [4.78, 5) is 14.4. The van der Waals surface area contributed by atoms with Crippen molar-refractivity contribution in [1.29, 1.82) is 0 Å². The second-order valence-electron chi connectivity index (χ2n) is 5.88. The second-order valence-corrected chi connectivity index (χ2v) is 5.88. The van der Waals surface area contributed by atoms with Gasteiger partial charge in [0, 0.05) is 19.6 Å². The van der Waals surface area contributed by atoms with Crippen molar-refractivity contribution >= 4 is 17.3 Å². The van der Waals surface area contributed by atoms with Crippen LogP contribution in [0.15, 0.2) is 18.2 Å². The van der Waals surface area contributed by atoms with Crippen LogP contribution < -0.4 is 16.0 Å². The second kappa shape index (κ2) is 6.62. The molecule has 2 aliphatic heterocycles. The van der Waals surface area contributed by atoms with Gasteiger partial charge in [-0.1, -0.05) is 6.07 Å². The summed E-state index contributed by atoms with van der Waals surface area (Å²) in [5, 5.41) is 2.72. The van der Waals surface area contributed by atoms with Crippen molar-refractivity contribution in [2.45, 2.75) is 37.9 Å². The number of nitrogens with two attached hydrogens (primary N) is 1. The molecule has 0 aliphatic carbocycles. The summed E-state index contributed by atoms with van der Waals surface area (Å²) in [6, 6.07) is 4.89. The lowest BCUT2D eigenvalue weighted by Crippen LogP contribution is -2.31. The number of benzene rings is 1. The minimum absolute atomic E-state index is 0.0746. The van der Waals surface area contributed by atoms with Gasteiger partial charge in [-0.2, -0.15) is 0 Å². The highest BCUT2D eigenvalue weighted by Gasteiger charge is 2.31. The van der Waals surface area contributed by atoms with E-state index >= 15 is 0 Å². The Morgan fingerprint density at radius 3 is 2.82 bits per heavy atom. The smallest absolute Gasteiger partial charge is 0.253 e. The molecular formula is C16H22FN3O2. The molecule has 120 valence electrons. The molecule has 0 aromatic heterocycles. The molecule has 2 fully saturated rings. The van der Waals surface area contributed by atoms with Crippen molar-refractivity contribution in [3.63, 3.8) is 0 Å². The topological polar surface area (TPSA) is 67.6 Å². The molecule has 6 heteroatoms. The Labute approximate surface area is 129 Å². The number of nitrogens with one attached hydrogen (secondary N) is 1. The molecule has 0 saturated carbocycles. The van der Waals surface area contributed by atoms with Crippen LogP contribution in [0.25, 0.3) is 0 Å². The lowest BCUT2D eigenvalue weighted by atomic mass is 10.1. The fourth-order valence-electron chi connectivity index (χ4n) is 3.13. The highest BCUT2D eigenvalue weighted by Crippen LogP contribution is 2.32. The lowest BCUT2D eigenvalue weighted by Gasteiger charge is -2.22. The molecule has 5 nitrogen and oxygen atoms in total. The molecule has 1 aromatic rings. The van der Waals surface area contributed by atoms with Crippen LogP contribution in [-0.4, -0.2) is 37.7 Å². The van der Waals surface area contributed by atoms with Crippen LogP contribution in [0.4, 0.5) is 15.8 Å². The van der Waals surface area contributed by atoms with Gasteiger partial charge >= 0.3 is 0 Å². The Morgan fingerprint density at radius 1 is 1.36 bits per heavy atom. The van der Waals surface area contributed by atoms with E-state index in [2.05, 4.69) is 10.2 Å². The van der Waals surface area contributed by atoms with Crippen molar-refractivity contribution in [3.05, 3.63) is 24.0 Å². The van der Waals surface area contributed by atoms with E-state index in [4.69, 9.17) is 10.5 Å². The summed E-state index contributed by atoms with van der Waals surface area (Å²) >= 11 is 0. The maximum Gasteiger partial charge on any atom is 0.253 e. The fraction of sp³-hybridized carbons (Fsp3) is 0.562. The number of rotatable bonds is 4. The fourth-order valence-corrected chi connectivity index (χ4v) is 3.13. The van der Waals surface area contributed by atoms with Crippen LogP contribution in [0.5, 0.6) is 0 Å². The average Bonchev–Trinajstić information content (AvgIpc) is 3.20. The quantitative estimate of drug-likeness (QED) is 0.891. The molecule has 3 N–H and O–H groups in total. The van der Waals surface area contributed by atoms with Gasteiger partial charge in [0.15, 0.2) is 0 Å². The van der Waals surface area contributed by atoms with E-state index in [9.17, 15) is 9.18 Å². The molecule has 2 saturated heterocycles. The minimum atomic E-state index is -0.542. The lowest BCUT2D eigenvalue weighted by molar-refractivity contribution is -0.126. The number of amides is 1. The maximum absolute atomic E-state index is 14.2. The maximum atomic E-state index is 14.2. The largest absolute Gasteiger partial charge is 0.370 e. The van der Waals surface area contributed by atoms with Crippen molar-refractivity contribution in [1.82, 2.24) is 0 Å². The third-order valence-electron chi connectivity index (χ3n) is 4.35. The molecule has 22 heavy (non-hydrogen) atoms. The van der Waals surface area contributed by atoms with Crippen LogP contribution in [0.3, 0.4) is 0 Å². The molecule has 0 bridgehead atoms. The number of nitrogens with zero attached hydrogens (tertiary/aromatic N) is 1. The molecule has 3 rings (SSSR count). The van der Waals surface area contributed by atoms with Gasteiger partial charge in [-0.05, 0) is 37.8 Å². The third-order valence-corrected chi connectivity index (χ3v) is 4.35. The highest BCUT2D eigenvalue weighted by atomic mass is 19.1. The van der Waals surface area contributed by atoms with Crippen LogP contribution in [0.1, 0.15) is 25.7 Å². The number of halogens is 1. The summed E-state index contributed by atoms with van der Waals surface area (Å²) < 4.78 is 19.8. The monoisotopic (exact) mass is 307 g/mol. The van der Waals surface area contributed by atoms with Crippen molar-refractivity contribution in [2.24, 2.45) is 5.73 Å². The Morgan fingerprint density at radius 2 is 2.14 bits per heavy atom. The van der Waals surface area contributed by atoms with E-state index in [1.54, 1.807) is 6.07 Å². The molecule has 0 unspecified atom stereocenters. The molecule has 1 aromatic carbocycles. The predicted octanol–water partition coefficient (Wildman–Crippen LogP) is 1.87. The molecule has 2 heterocycles. The number of anilines is 2. The van der Waals surface area contributed by atoms with Crippen molar-refractivity contribution < 1.29 is 13.9 Å². The van der Waals surface area contributed by atoms with Gasteiger partial charge in [0.2, 0.25) is 0 Å². The first-order valence-electron chi connectivity index (χ1n) is 7.89. The zero-order valence-corrected chi connectivity index (χ0v) is 12.6. The molecule has 2 atom stereocenters. The van der Waals surface area contributed by atoms with Crippen LogP contribution >= 0.6 is 0 Å². The summed E-state index contributed by atoms with van der Waals surface area (Å²) in [7, 11) is 0. The van der Waals surface area contributed by atoms with E-state index in [1.165, 1.54) is 6.07 Å². The summed E-state index contributed by atoms with van der Waals surface area (Å²) in [6.45, 7) is 2.19. The van der Waals surface area contributed by atoms with Gasteiger partial charge in [0.1, 0.15) is 17.6 Å². The Kier molecular flexibility index (Phi) is 4.59. The number of carbonyl (C=O) groups is 1. The predicted molar refractivity (Wildman–Crippen MR) is 83.4 cm³/mol. The first-order valence-corrected chi connectivity index (χ1v) is 7.89. The molecule has 1 amide bonds. The Balaban J connectivity index is 1.75. The van der Waals surface area contributed by atoms with Gasteiger partial charge in [-0.3, -0.25) is 4.79 Å². The first kappa shape index (κ1) is 15.2. The zero-order valence-electron chi connectivity index (χ0n) is 12.6. The van der Waals surface area contributed by atoms with Gasteiger partial charge in [0.25, 0.3) is 5.91 Å². The van der Waals surface area contributed by atoms with E-state index < -0.39 is 11.9 Å². The average molecular weight is 307 g/mol.